The molecule has 124 valence electrons. The van der Waals surface area contributed by atoms with Gasteiger partial charge in [-0.05, 0) is 37.3 Å². The molecule has 1 saturated heterocycles. The summed E-state index contributed by atoms with van der Waals surface area (Å²) in [7, 11) is 0. The van der Waals surface area contributed by atoms with E-state index in [-0.39, 0.29) is 6.54 Å². The highest BCUT2D eigenvalue weighted by Gasteiger charge is 2.26. The van der Waals surface area contributed by atoms with Crippen LogP contribution in [0.3, 0.4) is 0 Å². The first-order valence-corrected chi connectivity index (χ1v) is 7.42. The zero-order valence-electron chi connectivity index (χ0n) is 13.1. The Hall–Kier alpha value is -3.16. The molecule has 0 bridgehead atoms. The average molecular weight is 328 g/mol. The first-order valence-electron chi connectivity index (χ1n) is 7.42. The standard InChI is InChI=1S/C16H16N4O4/c1-11-6-7-18-20(11)13-4-2-12(3-5-13)15(22)24-10-14(21)19-9-8-17-16(19)23/h2-7H,8-10H2,1H3,(H,17,23). The van der Waals surface area contributed by atoms with Crippen LogP contribution in [-0.2, 0) is 9.53 Å². The predicted octanol–water partition coefficient (Wildman–Crippen LogP) is 0.889. The van der Waals surface area contributed by atoms with Crippen molar-refractivity contribution in [2.24, 2.45) is 0 Å². The lowest BCUT2D eigenvalue weighted by molar-refractivity contribution is -0.130. The van der Waals surface area contributed by atoms with Crippen molar-refractivity contribution in [3.05, 3.63) is 47.8 Å². The van der Waals surface area contributed by atoms with E-state index in [0.29, 0.717) is 12.1 Å². The van der Waals surface area contributed by atoms with Gasteiger partial charge < -0.3 is 10.1 Å². The van der Waals surface area contributed by atoms with Crippen molar-refractivity contribution in [1.29, 1.82) is 0 Å². The lowest BCUT2D eigenvalue weighted by atomic mass is 10.2. The maximum Gasteiger partial charge on any atom is 0.338 e. The molecular formula is C16H16N4O4. The van der Waals surface area contributed by atoms with E-state index >= 15 is 0 Å². The van der Waals surface area contributed by atoms with Gasteiger partial charge in [0.15, 0.2) is 6.61 Å². The van der Waals surface area contributed by atoms with Crippen LogP contribution in [0.5, 0.6) is 0 Å². The van der Waals surface area contributed by atoms with Crippen molar-refractivity contribution in [3.63, 3.8) is 0 Å². The lowest BCUT2D eigenvalue weighted by Gasteiger charge is -2.12. The van der Waals surface area contributed by atoms with E-state index in [1.807, 2.05) is 13.0 Å². The number of benzene rings is 1. The summed E-state index contributed by atoms with van der Waals surface area (Å²) in [5.74, 6) is -1.16. The van der Waals surface area contributed by atoms with Gasteiger partial charge in [-0.1, -0.05) is 0 Å². The van der Waals surface area contributed by atoms with Gasteiger partial charge in [-0.25, -0.2) is 14.3 Å². The van der Waals surface area contributed by atoms with E-state index in [9.17, 15) is 14.4 Å². The van der Waals surface area contributed by atoms with Crippen LogP contribution in [0, 0.1) is 6.92 Å². The van der Waals surface area contributed by atoms with Crippen molar-refractivity contribution in [2.75, 3.05) is 19.7 Å². The smallest absolute Gasteiger partial charge is 0.338 e. The normalized spacial score (nSPS) is 13.7. The van der Waals surface area contributed by atoms with Crippen molar-refractivity contribution in [1.82, 2.24) is 20.0 Å². The second kappa shape index (κ2) is 6.53. The molecule has 1 aliphatic rings. The number of carbonyl (C=O) groups excluding carboxylic acids is 3. The molecule has 1 aliphatic heterocycles. The summed E-state index contributed by atoms with van der Waals surface area (Å²) in [6, 6.07) is 8.11. The molecule has 3 amide bonds. The molecule has 1 aromatic heterocycles. The predicted molar refractivity (Wildman–Crippen MR) is 83.7 cm³/mol. The third-order valence-electron chi connectivity index (χ3n) is 3.66. The van der Waals surface area contributed by atoms with Crippen LogP contribution in [0.2, 0.25) is 0 Å². The van der Waals surface area contributed by atoms with Gasteiger partial charge in [0.05, 0.1) is 11.3 Å². The summed E-state index contributed by atoms with van der Waals surface area (Å²) >= 11 is 0. The number of hydrogen-bond donors (Lipinski definition) is 1. The van der Waals surface area contributed by atoms with Gasteiger partial charge in [-0.3, -0.25) is 9.69 Å². The number of amides is 3. The fourth-order valence-corrected chi connectivity index (χ4v) is 2.38. The van der Waals surface area contributed by atoms with Gasteiger partial charge in [0, 0.05) is 25.0 Å². The Morgan fingerprint density at radius 2 is 2.00 bits per heavy atom. The van der Waals surface area contributed by atoms with Gasteiger partial charge in [-0.2, -0.15) is 5.10 Å². The summed E-state index contributed by atoms with van der Waals surface area (Å²) in [6.45, 7) is 2.15. The Balaban J connectivity index is 1.60. The molecule has 8 nitrogen and oxygen atoms in total. The molecule has 1 aromatic carbocycles. The number of hydrogen-bond acceptors (Lipinski definition) is 5. The summed E-state index contributed by atoms with van der Waals surface area (Å²) in [4.78, 5) is 36.2. The number of nitrogens with one attached hydrogen (secondary N) is 1. The number of aromatic nitrogens is 2. The minimum Gasteiger partial charge on any atom is -0.452 e. The fraction of sp³-hybridized carbons (Fsp3) is 0.250. The first kappa shape index (κ1) is 15.7. The lowest BCUT2D eigenvalue weighted by Crippen LogP contribution is -2.37. The summed E-state index contributed by atoms with van der Waals surface area (Å²) in [6.07, 6.45) is 1.69. The van der Waals surface area contributed by atoms with Gasteiger partial charge in [0.2, 0.25) is 0 Å². The number of aryl methyl sites for hydroxylation is 1. The van der Waals surface area contributed by atoms with Crippen molar-refractivity contribution >= 4 is 17.9 Å². The van der Waals surface area contributed by atoms with Gasteiger partial charge in [0.25, 0.3) is 5.91 Å². The largest absolute Gasteiger partial charge is 0.452 e. The van der Waals surface area contributed by atoms with Gasteiger partial charge >= 0.3 is 12.0 Å². The number of ether oxygens (including phenoxy) is 1. The van der Waals surface area contributed by atoms with E-state index in [1.54, 1.807) is 35.1 Å². The summed E-state index contributed by atoms with van der Waals surface area (Å²) in [5, 5.41) is 6.70. The van der Waals surface area contributed by atoms with E-state index in [1.165, 1.54) is 0 Å². The Kier molecular flexibility index (Phi) is 4.28. The molecular weight excluding hydrogens is 312 g/mol. The highest BCUT2D eigenvalue weighted by Crippen LogP contribution is 2.12. The Bertz CT molecular complexity index is 782. The topological polar surface area (TPSA) is 93.5 Å². The second-order valence-corrected chi connectivity index (χ2v) is 5.28. The zero-order valence-corrected chi connectivity index (χ0v) is 13.1. The molecule has 0 aliphatic carbocycles. The van der Waals surface area contributed by atoms with E-state index in [4.69, 9.17) is 4.74 Å². The number of esters is 1. The van der Waals surface area contributed by atoms with Crippen molar-refractivity contribution in [2.45, 2.75) is 6.92 Å². The molecule has 0 saturated carbocycles. The number of urea groups is 1. The molecule has 24 heavy (non-hydrogen) atoms. The quantitative estimate of drug-likeness (QED) is 0.841. The SMILES string of the molecule is Cc1ccnn1-c1ccc(C(=O)OCC(=O)N2CCNC2=O)cc1. The number of rotatable bonds is 4. The number of carbonyl (C=O) groups is 3. The average Bonchev–Trinajstić information content (AvgIpc) is 3.20. The zero-order chi connectivity index (χ0) is 17.1. The van der Waals surface area contributed by atoms with Crippen molar-refractivity contribution < 1.29 is 19.1 Å². The minimum atomic E-state index is -0.619. The maximum absolute atomic E-state index is 12.0. The minimum absolute atomic E-state index is 0.285. The fourth-order valence-electron chi connectivity index (χ4n) is 2.38. The van der Waals surface area contributed by atoms with Gasteiger partial charge in [-0.15, -0.1) is 0 Å². The molecule has 0 unspecified atom stereocenters. The van der Waals surface area contributed by atoms with Crippen LogP contribution >= 0.6 is 0 Å². The molecule has 0 atom stereocenters. The first-order chi connectivity index (χ1) is 11.6. The number of nitrogens with zero attached hydrogens (tertiary/aromatic N) is 3. The van der Waals surface area contributed by atoms with Crippen molar-refractivity contribution in [3.8, 4) is 5.69 Å². The molecule has 2 heterocycles. The molecule has 8 heteroatoms. The van der Waals surface area contributed by atoms with Crippen LogP contribution in [0.1, 0.15) is 16.1 Å². The van der Waals surface area contributed by atoms with Crippen LogP contribution < -0.4 is 5.32 Å². The van der Waals surface area contributed by atoms with Crippen LogP contribution in [0.4, 0.5) is 4.79 Å². The summed E-state index contributed by atoms with van der Waals surface area (Å²) in [5.41, 5.74) is 2.11. The molecule has 1 N–H and O–H groups in total. The Morgan fingerprint density at radius 3 is 2.58 bits per heavy atom. The summed E-state index contributed by atoms with van der Waals surface area (Å²) < 4.78 is 6.71. The van der Waals surface area contributed by atoms with Crippen LogP contribution in [0.15, 0.2) is 36.5 Å². The highest BCUT2D eigenvalue weighted by atomic mass is 16.5. The van der Waals surface area contributed by atoms with Crippen LogP contribution in [0.25, 0.3) is 5.69 Å². The third kappa shape index (κ3) is 3.12. The number of imide groups is 1. The van der Waals surface area contributed by atoms with Crippen LogP contribution in [-0.4, -0.2) is 52.3 Å². The maximum atomic E-state index is 12.0. The van der Waals surface area contributed by atoms with E-state index in [2.05, 4.69) is 10.4 Å². The second-order valence-electron chi connectivity index (χ2n) is 5.28. The third-order valence-corrected chi connectivity index (χ3v) is 3.66. The molecule has 3 rings (SSSR count). The molecule has 0 radical (unpaired) electrons. The molecule has 2 aromatic rings. The van der Waals surface area contributed by atoms with E-state index in [0.717, 1.165) is 16.3 Å². The van der Waals surface area contributed by atoms with E-state index < -0.39 is 24.5 Å². The van der Waals surface area contributed by atoms with Gasteiger partial charge in [0.1, 0.15) is 0 Å². The monoisotopic (exact) mass is 328 g/mol. The molecule has 0 spiro atoms. The Morgan fingerprint density at radius 1 is 1.25 bits per heavy atom. The Labute approximate surface area is 138 Å². The molecule has 1 fully saturated rings. The highest BCUT2D eigenvalue weighted by molar-refractivity contribution is 5.98.